The second-order valence-electron chi connectivity index (χ2n) is 6.67. The van der Waals surface area contributed by atoms with Crippen molar-refractivity contribution in [1.82, 2.24) is 18.9 Å². The smallest absolute Gasteiger partial charge is 0.239 e. The highest BCUT2D eigenvalue weighted by atomic mass is 19.1. The van der Waals surface area contributed by atoms with E-state index in [2.05, 4.69) is 4.98 Å². The molecule has 3 aromatic heterocycles. The molecule has 0 saturated carbocycles. The van der Waals surface area contributed by atoms with Gasteiger partial charge >= 0.3 is 0 Å². The molecule has 0 aliphatic rings. The van der Waals surface area contributed by atoms with Crippen molar-refractivity contribution in [2.75, 3.05) is 0 Å². The number of hydrogen-bond donors (Lipinski definition) is 0. The Morgan fingerprint density at radius 2 is 1.54 bits per heavy atom. The summed E-state index contributed by atoms with van der Waals surface area (Å²) in [6, 6.07) is 22.3. The largest absolute Gasteiger partial charge is 0.275 e. The normalized spacial score (nSPS) is 11.9. The molecule has 0 spiro atoms. The van der Waals surface area contributed by atoms with Crippen molar-refractivity contribution in [3.63, 3.8) is 0 Å². The van der Waals surface area contributed by atoms with E-state index in [1.807, 2.05) is 65.1 Å². The molecule has 0 unspecified atom stereocenters. The third-order valence-corrected chi connectivity index (χ3v) is 5.12. The van der Waals surface area contributed by atoms with Crippen molar-refractivity contribution in [2.24, 2.45) is 0 Å². The van der Waals surface area contributed by atoms with Crippen LogP contribution < -0.4 is 0 Å². The lowest BCUT2D eigenvalue weighted by molar-refractivity contribution is 0.509. The van der Waals surface area contributed by atoms with Gasteiger partial charge in [0.05, 0.1) is 22.1 Å². The van der Waals surface area contributed by atoms with Crippen molar-refractivity contribution < 1.29 is 8.78 Å². The monoisotopic (exact) mass is 370 g/mol. The molecule has 0 fully saturated rings. The van der Waals surface area contributed by atoms with Crippen LogP contribution in [0.4, 0.5) is 8.78 Å². The quantitative estimate of drug-likeness (QED) is 0.370. The van der Waals surface area contributed by atoms with Crippen LogP contribution in [0, 0.1) is 11.9 Å². The average Bonchev–Trinajstić information content (AvgIpc) is 3.23. The number of benzene rings is 3. The standard InChI is InChI=1S/C22H12F2N4/c23-19-12-11-18(21(24)26-19)27-17-10-9-13-5-1-2-6-14(13)20(17)28-16-8-4-3-7-15(16)25-22(27)28/h1-12H. The lowest BCUT2D eigenvalue weighted by Crippen LogP contribution is -2.02. The topological polar surface area (TPSA) is 35.1 Å². The first-order valence-corrected chi connectivity index (χ1v) is 8.84. The van der Waals surface area contributed by atoms with Gasteiger partial charge in [-0.2, -0.15) is 13.8 Å². The molecule has 0 N–H and O–H groups in total. The second kappa shape index (κ2) is 5.36. The third kappa shape index (κ3) is 1.91. The summed E-state index contributed by atoms with van der Waals surface area (Å²) in [4.78, 5) is 8.11. The summed E-state index contributed by atoms with van der Waals surface area (Å²) in [5.74, 6) is -1.17. The van der Waals surface area contributed by atoms with Gasteiger partial charge in [0.25, 0.3) is 0 Å². The SMILES string of the molecule is Fc1ccc(-n2c3ccc4ccccc4c3n3c4ccccc4nc23)c(F)n1. The molecular formula is C22H12F2N4. The summed E-state index contributed by atoms with van der Waals surface area (Å²) >= 11 is 0. The Morgan fingerprint density at radius 1 is 0.714 bits per heavy atom. The Kier molecular flexibility index (Phi) is 2.92. The first-order chi connectivity index (χ1) is 13.7. The zero-order valence-electron chi connectivity index (χ0n) is 14.5. The Morgan fingerprint density at radius 3 is 2.43 bits per heavy atom. The fourth-order valence-electron chi connectivity index (χ4n) is 3.96. The number of hydrogen-bond acceptors (Lipinski definition) is 2. The van der Waals surface area contributed by atoms with Crippen LogP contribution in [0.25, 0.3) is 44.3 Å². The second-order valence-corrected chi connectivity index (χ2v) is 6.67. The molecule has 0 amide bonds. The highest BCUT2D eigenvalue weighted by Gasteiger charge is 2.21. The van der Waals surface area contributed by atoms with Crippen LogP contribution in [-0.4, -0.2) is 18.9 Å². The number of halogens is 2. The zero-order valence-corrected chi connectivity index (χ0v) is 14.5. The number of para-hydroxylation sites is 2. The predicted molar refractivity (Wildman–Crippen MR) is 105 cm³/mol. The molecule has 4 nitrogen and oxygen atoms in total. The van der Waals surface area contributed by atoms with E-state index in [1.165, 1.54) is 6.07 Å². The Hall–Kier alpha value is -3.80. The van der Waals surface area contributed by atoms with Crippen molar-refractivity contribution in [2.45, 2.75) is 0 Å². The number of aromatic nitrogens is 4. The zero-order chi connectivity index (χ0) is 18.8. The van der Waals surface area contributed by atoms with Crippen LogP contribution in [-0.2, 0) is 0 Å². The number of nitrogens with zero attached hydrogens (tertiary/aromatic N) is 4. The van der Waals surface area contributed by atoms with Crippen LogP contribution in [0.15, 0.2) is 72.8 Å². The van der Waals surface area contributed by atoms with E-state index >= 15 is 0 Å². The van der Waals surface area contributed by atoms with E-state index in [-0.39, 0.29) is 5.69 Å². The molecular weight excluding hydrogens is 358 g/mol. The minimum atomic E-state index is -0.875. The fourth-order valence-corrected chi connectivity index (χ4v) is 3.96. The summed E-state index contributed by atoms with van der Waals surface area (Å²) in [7, 11) is 0. The van der Waals surface area contributed by atoms with Crippen LogP contribution in [0.2, 0.25) is 0 Å². The van der Waals surface area contributed by atoms with Gasteiger partial charge < -0.3 is 0 Å². The molecule has 3 heterocycles. The first kappa shape index (κ1) is 15.3. The van der Waals surface area contributed by atoms with Gasteiger partial charge in [-0.15, -0.1) is 0 Å². The predicted octanol–water partition coefficient (Wildman–Crippen LogP) is 5.26. The molecule has 3 aromatic carbocycles. The fraction of sp³-hybridized carbons (Fsp3) is 0. The van der Waals surface area contributed by atoms with Crippen molar-refractivity contribution in [1.29, 1.82) is 0 Å². The number of imidazole rings is 2. The summed E-state index contributed by atoms with van der Waals surface area (Å²) in [6.45, 7) is 0. The highest BCUT2D eigenvalue weighted by molar-refractivity contribution is 6.08. The van der Waals surface area contributed by atoms with Gasteiger partial charge in [0.2, 0.25) is 17.7 Å². The molecule has 6 rings (SSSR count). The first-order valence-electron chi connectivity index (χ1n) is 8.84. The molecule has 6 aromatic rings. The van der Waals surface area contributed by atoms with E-state index in [1.54, 1.807) is 4.57 Å². The molecule has 0 bridgehead atoms. The minimum absolute atomic E-state index is 0.159. The summed E-state index contributed by atoms with van der Waals surface area (Å²) < 4.78 is 31.8. The van der Waals surface area contributed by atoms with Crippen molar-refractivity contribution in [3.05, 3.63) is 84.7 Å². The van der Waals surface area contributed by atoms with Crippen LogP contribution >= 0.6 is 0 Å². The summed E-state index contributed by atoms with van der Waals surface area (Å²) in [6.07, 6.45) is 0. The number of rotatable bonds is 1. The molecule has 134 valence electrons. The van der Waals surface area contributed by atoms with Gasteiger partial charge in [-0.3, -0.25) is 8.97 Å². The third-order valence-electron chi connectivity index (χ3n) is 5.12. The van der Waals surface area contributed by atoms with Crippen molar-refractivity contribution >= 4 is 38.6 Å². The number of fused-ring (bicyclic) bond motifs is 7. The minimum Gasteiger partial charge on any atom is -0.275 e. The van der Waals surface area contributed by atoms with Gasteiger partial charge in [0.15, 0.2) is 0 Å². The molecule has 0 aliphatic heterocycles. The molecule has 28 heavy (non-hydrogen) atoms. The van der Waals surface area contributed by atoms with E-state index in [0.717, 1.165) is 38.9 Å². The molecule has 6 heteroatoms. The maximum absolute atomic E-state index is 14.6. The number of pyridine rings is 1. The summed E-state index contributed by atoms with van der Waals surface area (Å²) in [5.41, 5.74) is 3.58. The molecule has 0 aliphatic carbocycles. The maximum atomic E-state index is 14.6. The average molecular weight is 370 g/mol. The lowest BCUT2D eigenvalue weighted by atomic mass is 10.1. The lowest BCUT2D eigenvalue weighted by Gasteiger charge is -2.06. The van der Waals surface area contributed by atoms with E-state index in [0.29, 0.717) is 5.78 Å². The van der Waals surface area contributed by atoms with Crippen molar-refractivity contribution in [3.8, 4) is 5.69 Å². The van der Waals surface area contributed by atoms with E-state index in [9.17, 15) is 8.78 Å². The molecule has 0 atom stereocenters. The van der Waals surface area contributed by atoms with Crippen LogP contribution in [0.1, 0.15) is 0 Å². The van der Waals surface area contributed by atoms with Crippen LogP contribution in [0.3, 0.4) is 0 Å². The Bertz CT molecular complexity index is 1540. The van der Waals surface area contributed by atoms with E-state index < -0.39 is 11.9 Å². The van der Waals surface area contributed by atoms with Crippen LogP contribution in [0.5, 0.6) is 0 Å². The van der Waals surface area contributed by atoms with E-state index in [4.69, 9.17) is 4.98 Å². The molecule has 0 saturated heterocycles. The summed E-state index contributed by atoms with van der Waals surface area (Å²) in [5, 5.41) is 2.10. The van der Waals surface area contributed by atoms with Gasteiger partial charge in [0, 0.05) is 5.39 Å². The maximum Gasteiger partial charge on any atom is 0.239 e. The Balaban J connectivity index is 1.92. The Labute approximate surface area is 157 Å². The highest BCUT2D eigenvalue weighted by Crippen LogP contribution is 2.34. The van der Waals surface area contributed by atoms with Gasteiger partial charge in [0.1, 0.15) is 5.69 Å². The van der Waals surface area contributed by atoms with Gasteiger partial charge in [-0.1, -0.05) is 42.5 Å². The van der Waals surface area contributed by atoms with Gasteiger partial charge in [-0.05, 0) is 35.7 Å². The molecule has 0 radical (unpaired) electrons. The van der Waals surface area contributed by atoms with Gasteiger partial charge in [-0.25, -0.2) is 4.98 Å².